The van der Waals surface area contributed by atoms with Crippen LogP contribution in [0.5, 0.6) is 11.5 Å². The Labute approximate surface area is 299 Å². The molecule has 2 N–H and O–H groups in total. The van der Waals surface area contributed by atoms with Gasteiger partial charge in [0.15, 0.2) is 23.2 Å². The number of aliphatic hydroxyl groups excluding tert-OH is 1. The van der Waals surface area contributed by atoms with Gasteiger partial charge in [0.05, 0.1) is 38.5 Å². The quantitative estimate of drug-likeness (QED) is 0.144. The first kappa shape index (κ1) is 34.2. The van der Waals surface area contributed by atoms with Crippen molar-refractivity contribution in [2.75, 3.05) is 32.4 Å². The molecule has 0 spiro atoms. The summed E-state index contributed by atoms with van der Waals surface area (Å²) in [5, 5.41) is 14.2. The lowest BCUT2D eigenvalue weighted by Gasteiger charge is -2.37. The van der Waals surface area contributed by atoms with E-state index in [1.54, 1.807) is 49.4 Å². The number of anilines is 1. The van der Waals surface area contributed by atoms with Crippen molar-refractivity contribution in [1.82, 2.24) is 19.5 Å². The number of carbonyl (C=O) groups excluding carboxylic acids is 1. The molecule has 0 saturated carbocycles. The molecule has 12 heteroatoms. The summed E-state index contributed by atoms with van der Waals surface area (Å²) in [4.78, 5) is 26.3. The third-order valence-corrected chi connectivity index (χ3v) is 10.2. The van der Waals surface area contributed by atoms with E-state index in [2.05, 4.69) is 20.3 Å². The number of imidazole rings is 1. The summed E-state index contributed by atoms with van der Waals surface area (Å²) in [5.74, 6) is 1.40. The molecule has 4 atom stereocenters. The number of carbonyl (C=O) groups is 1. The Morgan fingerprint density at radius 2 is 1.43 bits per heavy atom. The van der Waals surface area contributed by atoms with Gasteiger partial charge < -0.3 is 29.4 Å². The van der Waals surface area contributed by atoms with Crippen LogP contribution in [0, 0.1) is 0 Å². The molecule has 0 radical (unpaired) electrons. The van der Waals surface area contributed by atoms with Crippen LogP contribution in [-0.2, 0) is 15.1 Å². The fourth-order valence-electron chi connectivity index (χ4n) is 6.52. The van der Waals surface area contributed by atoms with E-state index in [4.69, 9.17) is 18.9 Å². The fraction of sp³-hybridized carbons (Fsp3) is 0.231. The van der Waals surface area contributed by atoms with E-state index in [0.717, 1.165) is 28.2 Å². The van der Waals surface area contributed by atoms with Crippen molar-refractivity contribution in [2.45, 2.75) is 29.3 Å². The Hall–Kier alpha value is -5.27. The van der Waals surface area contributed by atoms with E-state index in [9.17, 15) is 9.90 Å². The van der Waals surface area contributed by atoms with Gasteiger partial charge in [0.25, 0.3) is 5.91 Å². The lowest BCUT2D eigenvalue weighted by atomic mass is 9.80. The van der Waals surface area contributed by atoms with E-state index in [-0.39, 0.29) is 23.6 Å². The van der Waals surface area contributed by atoms with E-state index in [1.807, 2.05) is 91.2 Å². The normalized spacial score (nSPS) is 18.8. The molecule has 6 aromatic rings. The second-order valence-electron chi connectivity index (χ2n) is 11.9. The highest BCUT2D eigenvalue weighted by atomic mass is 32.2. The molecule has 1 saturated heterocycles. The van der Waals surface area contributed by atoms with E-state index in [1.165, 1.54) is 18.1 Å². The fourth-order valence-corrected chi connectivity index (χ4v) is 7.40. The molecule has 4 aromatic carbocycles. The predicted molar refractivity (Wildman–Crippen MR) is 195 cm³/mol. The second-order valence-corrected chi connectivity index (χ2v) is 13.0. The number of rotatable bonds is 12. The van der Waals surface area contributed by atoms with Crippen molar-refractivity contribution in [3.8, 4) is 11.5 Å². The van der Waals surface area contributed by atoms with Gasteiger partial charge in [0, 0.05) is 5.56 Å². The third-order valence-electron chi connectivity index (χ3n) is 9.12. The Balaban J connectivity index is 1.22. The lowest BCUT2D eigenvalue weighted by Crippen LogP contribution is -2.39. The number of aliphatic hydroxyl groups is 1. The minimum Gasteiger partial charge on any atom is -0.497 e. The van der Waals surface area contributed by atoms with Crippen molar-refractivity contribution in [2.24, 2.45) is 0 Å². The number of fused-ring (bicyclic) bond motifs is 1. The number of nitrogens with one attached hydrogen (secondary N) is 1. The van der Waals surface area contributed by atoms with Gasteiger partial charge in [-0.05, 0) is 59.3 Å². The molecule has 3 heterocycles. The molecule has 0 unspecified atom stereocenters. The van der Waals surface area contributed by atoms with Crippen LogP contribution in [0.4, 0.5) is 5.82 Å². The van der Waals surface area contributed by atoms with Gasteiger partial charge in [-0.15, -0.1) is 0 Å². The summed E-state index contributed by atoms with van der Waals surface area (Å²) < 4.78 is 26.4. The van der Waals surface area contributed by atoms with Gasteiger partial charge in [-0.1, -0.05) is 72.8 Å². The van der Waals surface area contributed by atoms with Crippen LogP contribution < -0.4 is 14.8 Å². The smallest absolute Gasteiger partial charge is 0.256 e. The van der Waals surface area contributed by atoms with Crippen molar-refractivity contribution in [1.29, 1.82) is 0 Å². The summed E-state index contributed by atoms with van der Waals surface area (Å²) in [6, 6.07) is 34.4. The first-order chi connectivity index (χ1) is 25.0. The van der Waals surface area contributed by atoms with Crippen LogP contribution in [0.15, 0.2) is 122 Å². The predicted octanol–water partition coefficient (Wildman–Crippen LogP) is 6.09. The summed E-state index contributed by atoms with van der Waals surface area (Å²) in [6.45, 7) is 0.0433. The number of methoxy groups -OCH3 is 2. The van der Waals surface area contributed by atoms with E-state index < -0.39 is 24.0 Å². The molecule has 260 valence electrons. The molecule has 0 aliphatic carbocycles. The number of amides is 1. The van der Waals surface area contributed by atoms with Crippen LogP contribution in [0.2, 0.25) is 0 Å². The Morgan fingerprint density at radius 1 is 0.843 bits per heavy atom. The molecule has 7 rings (SSSR count). The molecular weight excluding hydrogens is 667 g/mol. The highest BCUT2D eigenvalue weighted by molar-refractivity contribution is 7.99. The highest BCUT2D eigenvalue weighted by Crippen LogP contribution is 2.44. The van der Waals surface area contributed by atoms with Crippen LogP contribution in [0.1, 0.15) is 33.3 Å². The molecular formula is C39H37N5O6S. The molecule has 0 bridgehead atoms. The van der Waals surface area contributed by atoms with Gasteiger partial charge in [-0.25, -0.2) is 15.0 Å². The van der Waals surface area contributed by atoms with Crippen LogP contribution in [0.3, 0.4) is 0 Å². The van der Waals surface area contributed by atoms with E-state index >= 15 is 0 Å². The topological polar surface area (TPSA) is 130 Å². The maximum atomic E-state index is 12.9. The van der Waals surface area contributed by atoms with Crippen molar-refractivity contribution >= 4 is 34.7 Å². The Bertz CT molecular complexity index is 2030. The second kappa shape index (κ2) is 14.9. The third kappa shape index (κ3) is 6.54. The number of hydrogen-bond acceptors (Lipinski definition) is 10. The summed E-state index contributed by atoms with van der Waals surface area (Å²) in [5.41, 5.74) is 2.90. The summed E-state index contributed by atoms with van der Waals surface area (Å²) in [7, 11) is 3.27. The minimum absolute atomic E-state index is 0.0433. The molecule has 1 amide bonds. The van der Waals surface area contributed by atoms with Gasteiger partial charge in [-0.3, -0.25) is 9.36 Å². The SMILES string of the molecule is COc1ccc(C(OC[C@H]2O[C@@H](n3cnc4c(NC(=O)c5ccccc5)ncnc43)[C@H](SC)[C@@H]2O)(c2ccccc2)c2ccc(OC)cc2)cc1. The standard InChI is InChI=1S/C39H37N5O6S/c1-47-29-18-14-27(15-19-29)39(26-12-8-5-9-13-26,28-16-20-30(48-2)21-17-28)49-22-31-33(45)34(51-3)38(50-31)44-24-42-32-35(40-23-41-36(32)44)43-37(46)25-10-6-4-7-11-25/h4-21,23-24,31,33-34,38,45H,22H2,1-3H3,(H,40,41,43,46)/t31-,33-,34-,38-/m1/s1. The maximum Gasteiger partial charge on any atom is 0.256 e. The van der Waals surface area contributed by atoms with Crippen molar-refractivity contribution in [3.05, 3.63) is 144 Å². The molecule has 11 nitrogen and oxygen atoms in total. The van der Waals surface area contributed by atoms with Crippen molar-refractivity contribution < 1.29 is 28.8 Å². The van der Waals surface area contributed by atoms with Crippen LogP contribution in [0.25, 0.3) is 11.2 Å². The average Bonchev–Trinajstić information content (AvgIpc) is 3.77. The number of benzene rings is 4. The minimum atomic E-state index is -1.09. The highest BCUT2D eigenvalue weighted by Gasteiger charge is 2.47. The van der Waals surface area contributed by atoms with Crippen LogP contribution >= 0.6 is 11.8 Å². The molecule has 1 fully saturated rings. The van der Waals surface area contributed by atoms with Crippen LogP contribution in [-0.4, -0.2) is 75.1 Å². The zero-order valence-corrected chi connectivity index (χ0v) is 29.1. The first-order valence-electron chi connectivity index (χ1n) is 16.4. The molecule has 2 aromatic heterocycles. The largest absolute Gasteiger partial charge is 0.497 e. The Morgan fingerprint density at radius 3 is 2.02 bits per heavy atom. The number of thioether (sulfide) groups is 1. The summed E-state index contributed by atoms with van der Waals surface area (Å²) in [6.07, 6.45) is 2.64. The maximum absolute atomic E-state index is 12.9. The van der Waals surface area contributed by atoms with E-state index in [0.29, 0.717) is 16.7 Å². The van der Waals surface area contributed by atoms with Gasteiger partial charge in [-0.2, -0.15) is 11.8 Å². The summed E-state index contributed by atoms with van der Waals surface area (Å²) >= 11 is 1.48. The Kier molecular flexibility index (Phi) is 10.00. The number of ether oxygens (including phenoxy) is 4. The zero-order valence-electron chi connectivity index (χ0n) is 28.2. The molecule has 1 aliphatic heterocycles. The lowest BCUT2D eigenvalue weighted by molar-refractivity contribution is -0.0930. The zero-order chi connectivity index (χ0) is 35.4. The van der Waals surface area contributed by atoms with Crippen molar-refractivity contribution in [3.63, 3.8) is 0 Å². The number of aromatic nitrogens is 4. The average molecular weight is 704 g/mol. The number of hydrogen-bond donors (Lipinski definition) is 2. The van der Waals surface area contributed by atoms with Gasteiger partial charge >= 0.3 is 0 Å². The monoisotopic (exact) mass is 703 g/mol. The molecule has 1 aliphatic rings. The number of nitrogens with zero attached hydrogens (tertiary/aromatic N) is 4. The van der Waals surface area contributed by atoms with Gasteiger partial charge in [0.2, 0.25) is 0 Å². The first-order valence-corrected chi connectivity index (χ1v) is 17.6. The molecule has 51 heavy (non-hydrogen) atoms. The van der Waals surface area contributed by atoms with Gasteiger partial charge in [0.1, 0.15) is 29.5 Å².